The van der Waals surface area contributed by atoms with Crippen LogP contribution in [0.25, 0.3) is 0 Å². The van der Waals surface area contributed by atoms with Gasteiger partial charge in [0.2, 0.25) is 0 Å². The second-order valence-electron chi connectivity index (χ2n) is 2.56. The monoisotopic (exact) mass is 145 g/mol. The van der Waals surface area contributed by atoms with Crippen LogP contribution in [0.3, 0.4) is 0 Å². The standard InChI is InChI=1S/C4H11Si.Ni/c1-5(2,3)4;/h1H2,2-4H3;/q-1;. The Bertz CT molecular complexity index is 23.0. The van der Waals surface area contributed by atoms with E-state index in [-0.39, 0.29) is 16.5 Å². The predicted octanol–water partition coefficient (Wildman–Crippen LogP) is 1.70. The Labute approximate surface area is 51.3 Å². The van der Waals surface area contributed by atoms with Crippen molar-refractivity contribution >= 4 is 8.07 Å². The summed E-state index contributed by atoms with van der Waals surface area (Å²) in [7, 11) is -0.861. The molecule has 0 nitrogen and oxygen atoms in total. The zero-order chi connectivity index (χ0) is 4.50. The van der Waals surface area contributed by atoms with E-state index in [4.69, 9.17) is 0 Å². The third-order valence-corrected chi connectivity index (χ3v) is 0. The molecule has 0 saturated heterocycles. The molecule has 0 atom stereocenters. The van der Waals surface area contributed by atoms with Crippen molar-refractivity contribution in [2.75, 3.05) is 0 Å². The molecule has 0 aliphatic heterocycles. The number of rotatable bonds is 0. The average Bonchev–Trinajstić information content (AvgIpc) is 0.722. The van der Waals surface area contributed by atoms with Crippen LogP contribution < -0.4 is 0 Å². The largest absolute Gasteiger partial charge is 0.342 e. The third kappa shape index (κ3) is 128. The number of hydrogen-bond donors (Lipinski definition) is 0. The molecule has 0 spiro atoms. The van der Waals surface area contributed by atoms with Crippen LogP contribution in [0, 0.1) is 6.55 Å². The van der Waals surface area contributed by atoms with Gasteiger partial charge in [-0.05, 0) is 0 Å². The molecule has 0 aliphatic rings. The minimum atomic E-state index is -0.861. The van der Waals surface area contributed by atoms with Crippen LogP contribution in [0.5, 0.6) is 0 Å². The van der Waals surface area contributed by atoms with Gasteiger partial charge in [0.15, 0.2) is 0 Å². The zero-order valence-corrected chi connectivity index (χ0v) is 6.51. The van der Waals surface area contributed by atoms with E-state index in [1.165, 1.54) is 0 Å². The molecule has 0 unspecified atom stereocenters. The van der Waals surface area contributed by atoms with Crippen molar-refractivity contribution in [1.82, 2.24) is 0 Å². The van der Waals surface area contributed by atoms with Crippen molar-refractivity contribution in [3.63, 3.8) is 0 Å². The molecule has 0 fully saturated rings. The SMILES string of the molecule is [CH2-][Si](C)(C)C.[Ni]. The van der Waals surface area contributed by atoms with Gasteiger partial charge in [-0.15, -0.1) is 8.07 Å². The molecular weight excluding hydrogens is 135 g/mol. The van der Waals surface area contributed by atoms with Crippen LogP contribution in [0.1, 0.15) is 0 Å². The molecule has 0 amide bonds. The first-order chi connectivity index (χ1) is 2.00. The van der Waals surface area contributed by atoms with E-state index in [0.717, 1.165) is 0 Å². The Kier molecular flexibility index (Phi) is 4.62. The molecule has 0 aromatic carbocycles. The third-order valence-electron chi connectivity index (χ3n) is 0. The normalized spacial score (nSPS) is 10.0. The summed E-state index contributed by atoms with van der Waals surface area (Å²) in [6, 6.07) is 0. The van der Waals surface area contributed by atoms with E-state index in [1.807, 2.05) is 0 Å². The summed E-state index contributed by atoms with van der Waals surface area (Å²) in [4.78, 5) is 0. The Morgan fingerprint density at radius 2 is 1.17 bits per heavy atom. The maximum Gasteiger partial charge on any atom is 0 e. The van der Waals surface area contributed by atoms with Gasteiger partial charge in [0, 0.05) is 16.5 Å². The second kappa shape index (κ2) is 2.81. The van der Waals surface area contributed by atoms with E-state index in [0.29, 0.717) is 0 Å². The van der Waals surface area contributed by atoms with Crippen molar-refractivity contribution in [3.05, 3.63) is 6.55 Å². The Morgan fingerprint density at radius 1 is 1.17 bits per heavy atom. The van der Waals surface area contributed by atoms with Gasteiger partial charge in [-0.3, -0.25) is 0 Å². The summed E-state index contributed by atoms with van der Waals surface area (Å²) in [5.41, 5.74) is 0. The summed E-state index contributed by atoms with van der Waals surface area (Å²) in [6.45, 7) is 10.6. The molecule has 0 rings (SSSR count). The molecule has 0 radical (unpaired) electrons. The quantitative estimate of drug-likeness (QED) is 0.360. The van der Waals surface area contributed by atoms with Crippen LogP contribution >= 0.6 is 0 Å². The van der Waals surface area contributed by atoms with Gasteiger partial charge < -0.3 is 6.55 Å². The second-order valence-corrected chi connectivity index (χ2v) is 7.68. The molecule has 2 heteroatoms. The predicted molar refractivity (Wildman–Crippen MR) is 28.7 cm³/mol. The van der Waals surface area contributed by atoms with Crippen molar-refractivity contribution in [1.29, 1.82) is 0 Å². The molecule has 6 heavy (non-hydrogen) atoms. The Hall–Kier alpha value is 0.710. The summed E-state index contributed by atoms with van der Waals surface area (Å²) in [5.74, 6) is 0. The van der Waals surface area contributed by atoms with Gasteiger partial charge in [0.25, 0.3) is 0 Å². The van der Waals surface area contributed by atoms with Crippen molar-refractivity contribution in [3.8, 4) is 0 Å². The van der Waals surface area contributed by atoms with Crippen LogP contribution in [0.2, 0.25) is 19.6 Å². The van der Waals surface area contributed by atoms with Gasteiger partial charge in [-0.1, -0.05) is 19.6 Å². The van der Waals surface area contributed by atoms with Crippen molar-refractivity contribution in [2.45, 2.75) is 19.6 Å². The first-order valence-electron chi connectivity index (χ1n) is 1.85. The first kappa shape index (κ1) is 9.86. The Balaban J connectivity index is 0. The van der Waals surface area contributed by atoms with Crippen LogP contribution in [0.15, 0.2) is 0 Å². The van der Waals surface area contributed by atoms with Gasteiger partial charge >= 0.3 is 0 Å². The average molecular weight is 146 g/mol. The number of hydrogen-bond acceptors (Lipinski definition) is 0. The van der Waals surface area contributed by atoms with Crippen LogP contribution in [0.4, 0.5) is 0 Å². The maximum absolute atomic E-state index is 3.91. The van der Waals surface area contributed by atoms with Gasteiger partial charge in [0.1, 0.15) is 0 Å². The summed E-state index contributed by atoms with van der Waals surface area (Å²) < 4.78 is 0. The van der Waals surface area contributed by atoms with E-state index < -0.39 is 8.07 Å². The van der Waals surface area contributed by atoms with E-state index in [2.05, 4.69) is 26.2 Å². The summed E-state index contributed by atoms with van der Waals surface area (Å²) in [6.07, 6.45) is 0. The fourth-order valence-electron chi connectivity index (χ4n) is 0. The smallest absolute Gasteiger partial charge is 0 e. The van der Waals surface area contributed by atoms with E-state index in [9.17, 15) is 0 Å². The van der Waals surface area contributed by atoms with E-state index >= 15 is 0 Å². The molecule has 0 saturated carbocycles. The molecule has 0 aliphatic carbocycles. The van der Waals surface area contributed by atoms with E-state index in [1.54, 1.807) is 0 Å². The molecule has 0 bridgehead atoms. The molecule has 0 heterocycles. The zero-order valence-electron chi connectivity index (χ0n) is 4.52. The van der Waals surface area contributed by atoms with Gasteiger partial charge in [-0.25, -0.2) is 0 Å². The molecule has 42 valence electrons. The first-order valence-corrected chi connectivity index (χ1v) is 5.56. The fraction of sp³-hybridized carbons (Fsp3) is 0.750. The van der Waals surface area contributed by atoms with Crippen molar-refractivity contribution < 1.29 is 16.5 Å². The van der Waals surface area contributed by atoms with Crippen LogP contribution in [-0.2, 0) is 16.5 Å². The van der Waals surface area contributed by atoms with Gasteiger partial charge in [-0.2, -0.15) is 0 Å². The molecule has 0 N–H and O–H groups in total. The molecule has 0 aromatic heterocycles. The van der Waals surface area contributed by atoms with Gasteiger partial charge in [0.05, 0.1) is 0 Å². The Morgan fingerprint density at radius 3 is 1.17 bits per heavy atom. The topological polar surface area (TPSA) is 0 Å². The summed E-state index contributed by atoms with van der Waals surface area (Å²) >= 11 is 0. The molecular formula is C4H11NiSi-. The van der Waals surface area contributed by atoms with Crippen LogP contribution in [-0.4, -0.2) is 8.07 Å². The fourth-order valence-corrected chi connectivity index (χ4v) is 0. The molecule has 0 aromatic rings. The maximum atomic E-state index is 3.91. The van der Waals surface area contributed by atoms with Crippen molar-refractivity contribution in [2.24, 2.45) is 0 Å². The summed E-state index contributed by atoms with van der Waals surface area (Å²) in [5, 5.41) is 0. The minimum Gasteiger partial charge on any atom is -0.342 e. The minimum absolute atomic E-state index is 0.